The summed E-state index contributed by atoms with van der Waals surface area (Å²) in [5.41, 5.74) is 0. The highest BCUT2D eigenvalue weighted by atomic mass is 32.2. The fourth-order valence-electron chi connectivity index (χ4n) is 6.09. The Bertz CT molecular complexity index is 2150. The molecule has 21 heteroatoms. The van der Waals surface area contributed by atoms with Gasteiger partial charge in [0.1, 0.15) is 5.75 Å². The number of sulfone groups is 1. The van der Waals surface area contributed by atoms with Gasteiger partial charge in [-0.3, -0.25) is 0 Å². The van der Waals surface area contributed by atoms with Crippen molar-refractivity contribution in [3.05, 3.63) is 36.4 Å². The predicted molar refractivity (Wildman–Crippen MR) is 219 cm³/mol. The molecule has 4 aromatic rings. The van der Waals surface area contributed by atoms with Gasteiger partial charge in [-0.05, 0) is 24.6 Å². The van der Waals surface area contributed by atoms with E-state index in [-0.39, 0.29) is 131 Å². The van der Waals surface area contributed by atoms with Crippen molar-refractivity contribution in [2.75, 3.05) is 139 Å². The highest BCUT2D eigenvalue weighted by molar-refractivity contribution is 7.91. The van der Waals surface area contributed by atoms with E-state index in [2.05, 4.69) is 9.44 Å². The Morgan fingerprint density at radius 1 is 0.458 bits per heavy atom. The molecule has 3 N–H and O–H groups in total. The fourth-order valence-corrected chi connectivity index (χ4v) is 10.2. The Morgan fingerprint density at radius 2 is 0.814 bits per heavy atom. The molecule has 59 heavy (non-hydrogen) atoms. The van der Waals surface area contributed by atoms with Gasteiger partial charge in [0.05, 0.1) is 113 Å². The van der Waals surface area contributed by atoms with Crippen LogP contribution in [0.15, 0.2) is 51.1 Å². The normalized spacial score (nSPS) is 12.8. The number of nitrogens with one attached hydrogen (secondary N) is 2. The van der Waals surface area contributed by atoms with Crippen LogP contribution in [0.5, 0.6) is 5.75 Å². The number of hydrogen-bond acceptors (Lipinski definition) is 16. The number of rotatable bonds is 33. The molecule has 0 saturated carbocycles. The molecular weight excluding hydrogens is 837 g/mol. The molecule has 0 aromatic heterocycles. The largest absolute Gasteiger partial charge is 0.507 e. The second-order valence-electron chi connectivity index (χ2n) is 13.0. The van der Waals surface area contributed by atoms with Gasteiger partial charge in [-0.2, -0.15) is 0 Å². The Labute approximate surface area is 346 Å². The first kappa shape index (κ1) is 48.8. The Hall–Kier alpha value is -2.87. The van der Waals surface area contributed by atoms with Gasteiger partial charge in [-0.1, -0.05) is 18.2 Å². The van der Waals surface area contributed by atoms with Gasteiger partial charge in [-0.25, -0.2) is 34.7 Å². The monoisotopic (exact) mass is 892 g/mol. The maximum atomic E-state index is 14.0. The summed E-state index contributed by atoms with van der Waals surface area (Å²) in [6.07, 6.45) is 0.139. The molecule has 0 aliphatic heterocycles. The zero-order valence-corrected chi connectivity index (χ0v) is 36.1. The molecule has 0 aliphatic rings. The average molecular weight is 893 g/mol. The van der Waals surface area contributed by atoms with Crippen LogP contribution in [0.4, 0.5) is 0 Å². The van der Waals surface area contributed by atoms with Gasteiger partial charge < -0.3 is 47.7 Å². The van der Waals surface area contributed by atoms with E-state index in [1.165, 1.54) is 24.3 Å². The van der Waals surface area contributed by atoms with E-state index in [0.717, 1.165) is 12.1 Å². The van der Waals surface area contributed by atoms with Crippen LogP contribution in [0.25, 0.3) is 32.3 Å². The van der Waals surface area contributed by atoms with E-state index in [0.29, 0.717) is 46.2 Å². The van der Waals surface area contributed by atoms with E-state index in [1.807, 2.05) is 0 Å². The molecule has 0 spiro atoms. The molecule has 0 aliphatic carbocycles. The lowest BCUT2D eigenvalue weighted by Crippen LogP contribution is -2.30. The second kappa shape index (κ2) is 24.5. The number of methoxy groups -OCH3 is 3. The third-order valence-electron chi connectivity index (χ3n) is 8.87. The highest BCUT2D eigenvalue weighted by Crippen LogP contribution is 2.45. The molecule has 0 fully saturated rings. The van der Waals surface area contributed by atoms with Crippen LogP contribution in [-0.2, 0) is 72.5 Å². The summed E-state index contributed by atoms with van der Waals surface area (Å²) in [7, 11) is -8.21. The molecule has 0 bridgehead atoms. The predicted octanol–water partition coefficient (Wildman–Crippen LogP) is 2.05. The van der Waals surface area contributed by atoms with Crippen molar-refractivity contribution >= 4 is 62.2 Å². The highest BCUT2D eigenvalue weighted by Gasteiger charge is 2.29. The van der Waals surface area contributed by atoms with Gasteiger partial charge in [0.2, 0.25) is 20.0 Å². The number of phenolic OH excluding ortho intramolecular Hbond substituents is 1. The van der Waals surface area contributed by atoms with E-state index in [4.69, 9.17) is 42.6 Å². The van der Waals surface area contributed by atoms with Crippen molar-refractivity contribution in [3.8, 4) is 5.75 Å². The van der Waals surface area contributed by atoms with Gasteiger partial charge in [0.15, 0.2) is 9.84 Å². The van der Waals surface area contributed by atoms with Crippen LogP contribution in [0.2, 0.25) is 0 Å². The molecule has 4 rings (SSSR count). The Morgan fingerprint density at radius 3 is 1.25 bits per heavy atom. The topological polar surface area (TPSA) is 230 Å². The summed E-state index contributed by atoms with van der Waals surface area (Å²) < 4.78 is 136. The minimum atomic E-state index is -4.42. The summed E-state index contributed by atoms with van der Waals surface area (Å²) in [6, 6.07) is 8.09. The Kier molecular flexibility index (Phi) is 20.3. The molecule has 0 amide bonds. The van der Waals surface area contributed by atoms with E-state index in [9.17, 15) is 30.4 Å². The van der Waals surface area contributed by atoms with Gasteiger partial charge in [-0.15, -0.1) is 0 Å². The van der Waals surface area contributed by atoms with Crippen LogP contribution in [0, 0.1) is 0 Å². The summed E-state index contributed by atoms with van der Waals surface area (Å²) in [5.74, 6) is -0.702. The molecule has 0 atom stereocenters. The third kappa shape index (κ3) is 14.1. The fraction of sp³-hybridized carbons (Fsp3) is 0.579. The van der Waals surface area contributed by atoms with Gasteiger partial charge in [0.25, 0.3) is 0 Å². The number of sulfonamides is 2. The van der Waals surface area contributed by atoms with E-state index < -0.39 is 29.9 Å². The minimum Gasteiger partial charge on any atom is -0.507 e. The summed E-state index contributed by atoms with van der Waals surface area (Å²) in [5, 5.41) is 12.2. The van der Waals surface area contributed by atoms with Crippen LogP contribution >= 0.6 is 0 Å². The van der Waals surface area contributed by atoms with Gasteiger partial charge >= 0.3 is 0 Å². The lowest BCUT2D eigenvalue weighted by molar-refractivity contribution is 0.0251. The minimum absolute atomic E-state index is 0.00880. The Balaban J connectivity index is 1.67. The lowest BCUT2D eigenvalue weighted by Gasteiger charge is -2.20. The van der Waals surface area contributed by atoms with E-state index >= 15 is 0 Å². The average Bonchev–Trinajstić information content (AvgIpc) is 3.21. The quantitative estimate of drug-likeness (QED) is 0.0459. The van der Waals surface area contributed by atoms with Crippen molar-refractivity contribution in [2.45, 2.75) is 21.1 Å². The van der Waals surface area contributed by atoms with Crippen molar-refractivity contribution in [1.29, 1.82) is 0 Å². The zero-order chi connectivity index (χ0) is 42.7. The lowest BCUT2D eigenvalue weighted by atomic mass is 9.94. The molecule has 0 saturated heterocycles. The smallest absolute Gasteiger partial charge is 0.241 e. The van der Waals surface area contributed by atoms with Gasteiger partial charge in [0, 0.05) is 73.3 Å². The molecule has 4 aromatic carbocycles. The maximum absolute atomic E-state index is 14.0. The van der Waals surface area contributed by atoms with Crippen LogP contribution < -0.4 is 9.44 Å². The number of ether oxygens (including phenoxy) is 9. The number of benzene rings is 4. The number of aromatic hydroxyl groups is 1. The molecule has 0 radical (unpaired) electrons. The first-order valence-corrected chi connectivity index (χ1v) is 23.6. The molecular formula is C38H56N2O16S3. The standard InChI is InChI=1S/C38H56N2O16S3/c1-48-14-17-54-23-20-51-11-4-26-57(42,43)34-27-33(41)29-5-6-31-35(58(44,45)39-9-12-52-21-24-55-18-15-49-2)28-36(32-8-7-30(34)37(29)38(31)32)59(46,47)40-10-13-53-22-25-56-19-16-50-3/h5-8,27-28,39-41H,4,9-26H2,1-3H3. The molecule has 0 unspecified atom stereocenters. The first-order chi connectivity index (χ1) is 28.4. The number of hydrogen-bond donors (Lipinski definition) is 3. The van der Waals surface area contributed by atoms with Crippen LogP contribution in [0.3, 0.4) is 0 Å². The van der Waals surface area contributed by atoms with Crippen molar-refractivity contribution in [2.24, 2.45) is 0 Å². The molecule has 332 valence electrons. The maximum Gasteiger partial charge on any atom is 0.241 e. The van der Waals surface area contributed by atoms with Crippen molar-refractivity contribution in [1.82, 2.24) is 9.44 Å². The first-order valence-electron chi connectivity index (χ1n) is 19.0. The van der Waals surface area contributed by atoms with Crippen molar-refractivity contribution in [3.63, 3.8) is 0 Å². The molecule has 0 heterocycles. The van der Waals surface area contributed by atoms with Crippen molar-refractivity contribution < 1.29 is 73.0 Å². The van der Waals surface area contributed by atoms with E-state index in [1.54, 1.807) is 21.3 Å². The van der Waals surface area contributed by atoms with Crippen LogP contribution in [-0.4, -0.2) is 170 Å². The SMILES string of the molecule is COCCOCCOCCCS(=O)(=O)c1cc(O)c2ccc3c(S(=O)(=O)NCCOCCOCCOC)cc(S(=O)(=O)NCCOCCOCCOC)c4ccc1c2c34. The second-order valence-corrected chi connectivity index (χ2v) is 18.5. The molecule has 18 nitrogen and oxygen atoms in total. The zero-order valence-electron chi connectivity index (χ0n) is 33.7. The summed E-state index contributed by atoms with van der Waals surface area (Å²) >= 11 is 0. The number of phenols is 1. The van der Waals surface area contributed by atoms with Crippen LogP contribution in [0.1, 0.15) is 6.42 Å². The summed E-state index contributed by atoms with van der Waals surface area (Å²) in [6.45, 7) is 3.80. The third-order valence-corrected chi connectivity index (χ3v) is 13.7. The summed E-state index contributed by atoms with van der Waals surface area (Å²) in [4.78, 5) is -0.938.